The van der Waals surface area contributed by atoms with E-state index < -0.39 is 6.10 Å². The molecule has 0 saturated carbocycles. The van der Waals surface area contributed by atoms with E-state index in [-0.39, 0.29) is 6.10 Å². The van der Waals surface area contributed by atoms with Crippen molar-refractivity contribution in [2.45, 2.75) is 38.4 Å². The van der Waals surface area contributed by atoms with Gasteiger partial charge < -0.3 is 9.84 Å². The minimum atomic E-state index is -0.518. The third-order valence-electron chi connectivity index (χ3n) is 2.91. The van der Waals surface area contributed by atoms with Crippen LogP contribution in [0.1, 0.15) is 37.9 Å². The molecular weight excluding hydrogens is 280 g/mol. The second-order valence-corrected chi connectivity index (χ2v) is 5.29. The summed E-state index contributed by atoms with van der Waals surface area (Å²) in [7, 11) is 0. The first-order chi connectivity index (χ1) is 8.16. The smallest absolute Gasteiger partial charge is 0.126 e. The molecule has 1 aromatic rings. The molecule has 2 atom stereocenters. The molecule has 3 heteroatoms. The van der Waals surface area contributed by atoms with Gasteiger partial charge in [-0.15, -0.1) is 0 Å². The molecule has 92 valence electrons. The summed E-state index contributed by atoms with van der Waals surface area (Å²) in [6, 6.07) is 5.76. The Kier molecular flexibility index (Phi) is 4.24. The number of allylic oxidation sites excluding steroid dienone is 1. The van der Waals surface area contributed by atoms with Gasteiger partial charge in [-0.05, 0) is 50.5 Å². The lowest BCUT2D eigenvalue weighted by atomic mass is 10.0. The van der Waals surface area contributed by atoms with Crippen LogP contribution in [0.2, 0.25) is 0 Å². The molecule has 1 unspecified atom stereocenters. The van der Waals surface area contributed by atoms with E-state index in [9.17, 15) is 5.11 Å². The normalized spacial score (nSPS) is 21.2. The minimum Gasteiger partial charge on any atom is -0.486 e. The first-order valence-electron chi connectivity index (χ1n) is 5.97. The fourth-order valence-corrected chi connectivity index (χ4v) is 2.37. The van der Waals surface area contributed by atoms with E-state index in [4.69, 9.17) is 4.74 Å². The number of hydrogen-bond acceptors (Lipinski definition) is 2. The van der Waals surface area contributed by atoms with Crippen LogP contribution in [0.25, 0.3) is 0 Å². The molecular formula is C14H17BrO2. The largest absolute Gasteiger partial charge is 0.486 e. The number of ether oxygens (including phenoxy) is 1. The lowest BCUT2D eigenvalue weighted by Gasteiger charge is -2.21. The minimum absolute atomic E-state index is 0.141. The topological polar surface area (TPSA) is 29.5 Å². The summed E-state index contributed by atoms with van der Waals surface area (Å²) in [6.45, 7) is 1.76. The van der Waals surface area contributed by atoms with Gasteiger partial charge in [0.2, 0.25) is 0 Å². The van der Waals surface area contributed by atoms with Crippen molar-refractivity contribution in [3.05, 3.63) is 40.4 Å². The first kappa shape index (κ1) is 12.7. The first-order valence-corrected chi connectivity index (χ1v) is 6.77. The van der Waals surface area contributed by atoms with Crippen LogP contribution < -0.4 is 4.74 Å². The molecule has 0 amide bonds. The zero-order chi connectivity index (χ0) is 12.3. The van der Waals surface area contributed by atoms with Crippen LogP contribution in [0.4, 0.5) is 0 Å². The molecule has 0 spiro atoms. The third-order valence-corrected chi connectivity index (χ3v) is 3.40. The summed E-state index contributed by atoms with van der Waals surface area (Å²) < 4.78 is 6.89. The molecule has 2 nitrogen and oxygen atoms in total. The van der Waals surface area contributed by atoms with Crippen LogP contribution in [-0.4, -0.2) is 11.2 Å². The van der Waals surface area contributed by atoms with Crippen molar-refractivity contribution >= 4 is 15.9 Å². The molecule has 1 aromatic carbocycles. The Morgan fingerprint density at radius 1 is 1.47 bits per heavy atom. The van der Waals surface area contributed by atoms with Gasteiger partial charge in [-0.2, -0.15) is 0 Å². The van der Waals surface area contributed by atoms with Crippen molar-refractivity contribution in [1.82, 2.24) is 0 Å². The Morgan fingerprint density at radius 2 is 2.29 bits per heavy atom. The van der Waals surface area contributed by atoms with Crippen molar-refractivity contribution in [2.75, 3.05) is 0 Å². The molecule has 0 aromatic heterocycles. The number of halogens is 1. The van der Waals surface area contributed by atoms with Gasteiger partial charge in [0, 0.05) is 10.0 Å². The summed E-state index contributed by atoms with van der Waals surface area (Å²) in [5, 5.41) is 9.74. The zero-order valence-electron chi connectivity index (χ0n) is 9.90. The van der Waals surface area contributed by atoms with Crippen LogP contribution in [0, 0.1) is 0 Å². The van der Waals surface area contributed by atoms with E-state index in [1.54, 1.807) is 6.92 Å². The highest BCUT2D eigenvalue weighted by Gasteiger charge is 2.15. The predicted octanol–water partition coefficient (Wildman–Crippen LogP) is 3.99. The van der Waals surface area contributed by atoms with E-state index in [0.717, 1.165) is 28.6 Å². The maximum atomic E-state index is 9.74. The van der Waals surface area contributed by atoms with Gasteiger partial charge in [0.1, 0.15) is 11.9 Å². The Balaban J connectivity index is 2.19. The maximum Gasteiger partial charge on any atom is 0.126 e. The number of aliphatic hydroxyl groups excluding tert-OH is 1. The van der Waals surface area contributed by atoms with Gasteiger partial charge in [0.15, 0.2) is 0 Å². The Morgan fingerprint density at radius 3 is 2.94 bits per heavy atom. The zero-order valence-corrected chi connectivity index (χ0v) is 11.5. The molecule has 0 saturated heterocycles. The average molecular weight is 297 g/mol. The fraction of sp³-hybridized carbons (Fsp3) is 0.429. The molecule has 0 heterocycles. The average Bonchev–Trinajstić information content (AvgIpc) is 2.32. The fourth-order valence-electron chi connectivity index (χ4n) is 2.00. The lowest BCUT2D eigenvalue weighted by Crippen LogP contribution is -2.16. The van der Waals surface area contributed by atoms with Crippen LogP contribution in [0.5, 0.6) is 5.75 Å². The van der Waals surface area contributed by atoms with Gasteiger partial charge in [0.05, 0.1) is 6.10 Å². The van der Waals surface area contributed by atoms with Crippen molar-refractivity contribution < 1.29 is 9.84 Å². The van der Waals surface area contributed by atoms with E-state index in [1.807, 2.05) is 18.2 Å². The quantitative estimate of drug-likeness (QED) is 0.855. The predicted molar refractivity (Wildman–Crippen MR) is 72.2 cm³/mol. The van der Waals surface area contributed by atoms with Crippen LogP contribution in [0.3, 0.4) is 0 Å². The standard InChI is InChI=1S/C14H17BrO2/c1-10(16)13-9-11(15)7-8-14(13)17-12-5-3-2-4-6-12/h3,5,7-10,12,16H,2,4,6H2,1H3/t10-,12?/m0/s1. The highest BCUT2D eigenvalue weighted by Crippen LogP contribution is 2.30. The molecule has 17 heavy (non-hydrogen) atoms. The molecule has 1 aliphatic rings. The van der Waals surface area contributed by atoms with Crippen molar-refractivity contribution in [3.63, 3.8) is 0 Å². The molecule has 2 rings (SSSR count). The highest BCUT2D eigenvalue weighted by atomic mass is 79.9. The SMILES string of the molecule is C[C@H](O)c1cc(Br)ccc1OC1C=CCCC1. The molecule has 0 radical (unpaired) electrons. The monoisotopic (exact) mass is 296 g/mol. The highest BCUT2D eigenvalue weighted by molar-refractivity contribution is 9.10. The molecule has 0 bridgehead atoms. The second-order valence-electron chi connectivity index (χ2n) is 4.37. The Labute approximate surface area is 110 Å². The maximum absolute atomic E-state index is 9.74. The summed E-state index contributed by atoms with van der Waals surface area (Å²) in [6.07, 6.45) is 7.25. The summed E-state index contributed by atoms with van der Waals surface area (Å²) >= 11 is 3.41. The number of benzene rings is 1. The van der Waals surface area contributed by atoms with E-state index in [2.05, 4.69) is 28.1 Å². The molecule has 0 fully saturated rings. The molecule has 1 N–H and O–H groups in total. The van der Waals surface area contributed by atoms with Gasteiger partial charge in [-0.25, -0.2) is 0 Å². The Hall–Kier alpha value is -0.800. The molecule has 0 aliphatic heterocycles. The number of aliphatic hydroxyl groups is 1. The Bertz CT molecular complexity index is 413. The van der Waals surface area contributed by atoms with Gasteiger partial charge in [-0.1, -0.05) is 22.0 Å². The van der Waals surface area contributed by atoms with Crippen LogP contribution in [-0.2, 0) is 0 Å². The van der Waals surface area contributed by atoms with E-state index in [0.29, 0.717) is 0 Å². The summed E-state index contributed by atoms with van der Waals surface area (Å²) in [5.41, 5.74) is 0.832. The second kappa shape index (κ2) is 5.69. The van der Waals surface area contributed by atoms with E-state index in [1.165, 1.54) is 6.42 Å². The number of hydrogen-bond donors (Lipinski definition) is 1. The summed E-state index contributed by atoms with van der Waals surface area (Å²) in [4.78, 5) is 0. The van der Waals surface area contributed by atoms with Crippen molar-refractivity contribution in [1.29, 1.82) is 0 Å². The van der Waals surface area contributed by atoms with Crippen molar-refractivity contribution in [3.8, 4) is 5.75 Å². The van der Waals surface area contributed by atoms with E-state index >= 15 is 0 Å². The van der Waals surface area contributed by atoms with Gasteiger partial charge in [-0.3, -0.25) is 0 Å². The van der Waals surface area contributed by atoms with Crippen LogP contribution >= 0.6 is 15.9 Å². The molecule has 1 aliphatic carbocycles. The van der Waals surface area contributed by atoms with Crippen molar-refractivity contribution in [2.24, 2.45) is 0 Å². The van der Waals surface area contributed by atoms with Gasteiger partial charge >= 0.3 is 0 Å². The number of rotatable bonds is 3. The summed E-state index contributed by atoms with van der Waals surface area (Å²) in [5.74, 6) is 0.778. The van der Waals surface area contributed by atoms with Crippen LogP contribution in [0.15, 0.2) is 34.8 Å². The lowest BCUT2D eigenvalue weighted by molar-refractivity contribution is 0.180. The van der Waals surface area contributed by atoms with Gasteiger partial charge in [0.25, 0.3) is 0 Å². The third kappa shape index (κ3) is 3.33.